The van der Waals surface area contributed by atoms with Crippen LogP contribution in [0.3, 0.4) is 0 Å². The minimum Gasteiger partial charge on any atom is -0.481 e. The Balaban J connectivity index is 1.41. The average Bonchev–Trinajstić information content (AvgIpc) is 3.55. The van der Waals surface area contributed by atoms with Crippen LogP contribution in [0.1, 0.15) is 80.0 Å². The normalized spacial score (nSPS) is 14.9. The number of rotatable bonds is 15. The van der Waals surface area contributed by atoms with Crippen LogP contribution in [0, 0.1) is 18.3 Å². The van der Waals surface area contributed by atoms with Gasteiger partial charge in [0.2, 0.25) is 6.79 Å². The maximum absolute atomic E-state index is 13.4. The first-order valence-electron chi connectivity index (χ1n) is 14.4. The third kappa shape index (κ3) is 7.97. The van der Waals surface area contributed by atoms with Crippen LogP contribution in [0.15, 0.2) is 27.9 Å². The van der Waals surface area contributed by atoms with Gasteiger partial charge in [0, 0.05) is 32.1 Å². The number of carboxylic acid groups (broad SMARTS) is 1. The summed E-state index contributed by atoms with van der Waals surface area (Å²) in [5.74, 6) is 0.908. The van der Waals surface area contributed by atoms with Crippen LogP contribution in [0.5, 0.6) is 11.5 Å². The van der Waals surface area contributed by atoms with E-state index in [0.29, 0.717) is 50.8 Å². The van der Waals surface area contributed by atoms with Crippen molar-refractivity contribution in [1.29, 1.82) is 5.26 Å². The molecule has 2 aromatic rings. The molecule has 12 heteroatoms. The number of unbranched alkanes of at least 4 members (excludes halogenated alkanes) is 7. The Hall–Kier alpha value is -3.82. The molecule has 1 fully saturated rings. The molecule has 2 aliphatic heterocycles. The van der Waals surface area contributed by atoms with Gasteiger partial charge in [0.05, 0.1) is 4.91 Å². The number of nitrogens with zero attached hydrogens (tertiary/aromatic N) is 3. The van der Waals surface area contributed by atoms with Crippen molar-refractivity contribution in [2.75, 3.05) is 18.7 Å². The van der Waals surface area contributed by atoms with Gasteiger partial charge in [-0.1, -0.05) is 68.6 Å². The highest BCUT2D eigenvalue weighted by Crippen LogP contribution is 2.36. The number of nitrogens with one attached hydrogen (secondary N) is 1. The molecule has 10 nitrogen and oxygen atoms in total. The Labute approximate surface area is 260 Å². The number of hydrogen-bond acceptors (Lipinski definition) is 9. The van der Waals surface area contributed by atoms with Crippen molar-refractivity contribution in [2.45, 2.75) is 71.3 Å². The lowest BCUT2D eigenvalue weighted by Crippen LogP contribution is -2.29. The molecule has 0 bridgehead atoms. The number of carbonyl (C=O) groups excluding carboxylic acids is 1. The highest BCUT2D eigenvalue weighted by Gasteiger charge is 2.32. The van der Waals surface area contributed by atoms with E-state index in [1.165, 1.54) is 16.3 Å². The standard InChI is InChI=1S/C31H36N4O6S2/c1-20-22(16-26-30(39)35(31(42)43-26)14-10-8-6-4-3-5-7-9-11-27(36)37)28(34(2)29(38)23(20)17-32)33-18-21-12-13-24-25(15-21)41-19-40-24/h12-13,15-16,33H,3-11,14,18-19H2,1-2H3,(H,36,37)/b26-16+. The number of aromatic nitrogens is 1. The molecule has 2 N–H and O–H groups in total. The van der Waals surface area contributed by atoms with Crippen molar-refractivity contribution in [3.8, 4) is 17.6 Å². The van der Waals surface area contributed by atoms with Gasteiger partial charge in [-0.05, 0) is 49.1 Å². The average molecular weight is 625 g/mol. The van der Waals surface area contributed by atoms with Crippen LogP contribution in [0.4, 0.5) is 5.82 Å². The summed E-state index contributed by atoms with van der Waals surface area (Å²) < 4.78 is 12.8. The Kier molecular flexibility index (Phi) is 11.3. The van der Waals surface area contributed by atoms with E-state index in [-0.39, 0.29) is 24.7 Å². The third-order valence-electron chi connectivity index (χ3n) is 7.57. The number of carboxylic acids is 1. The summed E-state index contributed by atoms with van der Waals surface area (Å²) >= 11 is 6.77. The van der Waals surface area contributed by atoms with Gasteiger partial charge in [0.15, 0.2) is 11.5 Å². The molecule has 0 aliphatic carbocycles. The second-order valence-corrected chi connectivity index (χ2v) is 12.3. The van der Waals surface area contributed by atoms with E-state index in [1.54, 1.807) is 24.9 Å². The first-order valence-corrected chi connectivity index (χ1v) is 15.7. The predicted molar refractivity (Wildman–Crippen MR) is 170 cm³/mol. The Morgan fingerprint density at radius 2 is 1.79 bits per heavy atom. The van der Waals surface area contributed by atoms with Gasteiger partial charge in [-0.2, -0.15) is 5.26 Å². The number of aliphatic carboxylic acids is 1. The lowest BCUT2D eigenvalue weighted by molar-refractivity contribution is -0.137. The van der Waals surface area contributed by atoms with Gasteiger partial charge in [-0.25, -0.2) is 0 Å². The van der Waals surface area contributed by atoms with Gasteiger partial charge >= 0.3 is 5.97 Å². The maximum atomic E-state index is 13.4. The molecular weight excluding hydrogens is 588 g/mol. The van der Waals surface area contributed by atoms with Gasteiger partial charge in [0.1, 0.15) is 21.8 Å². The Morgan fingerprint density at radius 3 is 2.49 bits per heavy atom. The molecule has 0 saturated carbocycles. The number of hydrogen-bond donors (Lipinski definition) is 2. The molecule has 1 saturated heterocycles. The minimum absolute atomic E-state index is 0.0275. The van der Waals surface area contributed by atoms with E-state index in [9.17, 15) is 19.6 Å². The Morgan fingerprint density at radius 1 is 1.12 bits per heavy atom. The molecule has 0 unspecified atom stereocenters. The Bertz CT molecular complexity index is 1530. The summed E-state index contributed by atoms with van der Waals surface area (Å²) in [7, 11) is 1.60. The molecule has 0 radical (unpaired) electrons. The second kappa shape index (κ2) is 15.1. The minimum atomic E-state index is -0.739. The smallest absolute Gasteiger partial charge is 0.303 e. The molecule has 1 aromatic carbocycles. The molecular formula is C31H36N4O6S2. The topological polar surface area (TPSA) is 134 Å². The SMILES string of the molecule is Cc1c(/C=C2/SC(=S)N(CCCCCCCCCCC(=O)O)C2=O)c(NCc2ccc3c(c2)OCO3)n(C)c(=O)c1C#N. The molecule has 1 amide bonds. The summed E-state index contributed by atoms with van der Waals surface area (Å²) in [5.41, 5.74) is 1.60. The van der Waals surface area contributed by atoms with E-state index in [4.69, 9.17) is 26.8 Å². The first kappa shape index (κ1) is 32.1. The zero-order valence-corrected chi connectivity index (χ0v) is 26.1. The van der Waals surface area contributed by atoms with E-state index in [0.717, 1.165) is 56.9 Å². The molecule has 0 spiro atoms. The summed E-state index contributed by atoms with van der Waals surface area (Å²) in [6, 6.07) is 7.63. The predicted octanol–water partition coefficient (Wildman–Crippen LogP) is 5.70. The lowest BCUT2D eigenvalue weighted by Gasteiger charge is -2.18. The number of benzene rings is 1. The zero-order valence-electron chi connectivity index (χ0n) is 24.4. The summed E-state index contributed by atoms with van der Waals surface area (Å²) in [4.78, 5) is 39.0. The number of pyridine rings is 1. The number of carbonyl (C=O) groups is 2. The fraction of sp³-hybridized carbons (Fsp3) is 0.452. The van der Waals surface area contributed by atoms with E-state index < -0.39 is 11.5 Å². The first-order chi connectivity index (χ1) is 20.7. The number of nitriles is 1. The number of anilines is 1. The van der Waals surface area contributed by atoms with Crippen LogP contribution in [-0.2, 0) is 23.2 Å². The van der Waals surface area contributed by atoms with Crippen LogP contribution in [-0.4, -0.2) is 44.1 Å². The van der Waals surface area contributed by atoms with Crippen LogP contribution < -0.4 is 20.3 Å². The number of fused-ring (bicyclic) bond motifs is 1. The van der Waals surface area contributed by atoms with E-state index in [2.05, 4.69) is 5.32 Å². The van der Waals surface area contributed by atoms with Gasteiger partial charge in [0.25, 0.3) is 11.5 Å². The van der Waals surface area contributed by atoms with E-state index >= 15 is 0 Å². The summed E-state index contributed by atoms with van der Waals surface area (Å²) in [6.45, 7) is 2.80. The molecule has 3 heterocycles. The summed E-state index contributed by atoms with van der Waals surface area (Å²) in [6.07, 6.45) is 9.69. The number of amides is 1. The van der Waals surface area contributed by atoms with Crippen LogP contribution in [0.2, 0.25) is 0 Å². The molecule has 43 heavy (non-hydrogen) atoms. The third-order valence-corrected chi connectivity index (χ3v) is 8.95. The largest absolute Gasteiger partial charge is 0.481 e. The maximum Gasteiger partial charge on any atom is 0.303 e. The zero-order chi connectivity index (χ0) is 30.9. The number of thiocarbonyl (C=S) groups is 1. The second-order valence-electron chi connectivity index (χ2n) is 10.6. The quantitative estimate of drug-likeness (QED) is 0.144. The van der Waals surface area contributed by atoms with E-state index in [1.807, 2.05) is 24.3 Å². The molecule has 2 aliphatic rings. The van der Waals surface area contributed by atoms with Crippen molar-refractivity contribution in [2.24, 2.45) is 7.05 Å². The van der Waals surface area contributed by atoms with Crippen molar-refractivity contribution < 1.29 is 24.2 Å². The lowest BCUT2D eigenvalue weighted by atomic mass is 10.0. The van der Waals surface area contributed by atoms with Crippen molar-refractivity contribution >= 4 is 52.1 Å². The number of ether oxygens (including phenoxy) is 2. The molecule has 4 rings (SSSR count). The summed E-state index contributed by atoms with van der Waals surface area (Å²) in [5, 5.41) is 21.7. The molecule has 1 aromatic heterocycles. The number of thioether (sulfide) groups is 1. The molecule has 228 valence electrons. The fourth-order valence-electron chi connectivity index (χ4n) is 5.11. The van der Waals surface area contributed by atoms with Crippen LogP contribution >= 0.6 is 24.0 Å². The highest BCUT2D eigenvalue weighted by molar-refractivity contribution is 8.26. The molecule has 0 atom stereocenters. The van der Waals surface area contributed by atoms with Crippen molar-refractivity contribution in [1.82, 2.24) is 9.47 Å². The van der Waals surface area contributed by atoms with Gasteiger partial charge in [-0.15, -0.1) is 0 Å². The van der Waals surface area contributed by atoms with Crippen molar-refractivity contribution in [3.05, 3.63) is 55.7 Å². The van der Waals surface area contributed by atoms with Crippen LogP contribution in [0.25, 0.3) is 6.08 Å². The fourth-order valence-corrected chi connectivity index (χ4v) is 6.40. The van der Waals surface area contributed by atoms with Crippen molar-refractivity contribution in [3.63, 3.8) is 0 Å². The monoisotopic (exact) mass is 624 g/mol. The van der Waals surface area contributed by atoms with Gasteiger partial charge < -0.3 is 19.9 Å². The highest BCUT2D eigenvalue weighted by atomic mass is 32.2. The van der Waals surface area contributed by atoms with Gasteiger partial charge in [-0.3, -0.25) is 23.9 Å².